The second-order valence-electron chi connectivity index (χ2n) is 6.35. The predicted octanol–water partition coefficient (Wildman–Crippen LogP) is 0.692. The van der Waals surface area contributed by atoms with Gasteiger partial charge in [-0.3, -0.25) is 13.7 Å². The van der Waals surface area contributed by atoms with Gasteiger partial charge in [-0.1, -0.05) is 6.07 Å². The molecule has 4 N–H and O–H groups in total. The molecule has 1 unspecified atom stereocenters. The van der Waals surface area contributed by atoms with Crippen LogP contribution in [0.25, 0.3) is 0 Å². The van der Waals surface area contributed by atoms with Crippen LogP contribution < -0.4 is 14.9 Å². The number of fused-ring (bicyclic) bond motifs is 1. The number of hydrogen-bond donors (Lipinski definition) is 4. The molecule has 0 aliphatic carbocycles. The van der Waals surface area contributed by atoms with E-state index in [1.165, 1.54) is 0 Å². The fraction of sp³-hybridized carbons (Fsp3) is 0.562. The Kier molecular flexibility index (Phi) is 5.50. The van der Waals surface area contributed by atoms with E-state index in [9.17, 15) is 18.7 Å². The van der Waals surface area contributed by atoms with Crippen LogP contribution in [-0.4, -0.2) is 45.3 Å². The number of rotatable bonds is 4. The number of nitrogens with zero attached hydrogens (tertiary/aromatic N) is 1. The highest BCUT2D eigenvalue weighted by Gasteiger charge is 2.27. The van der Waals surface area contributed by atoms with Crippen LogP contribution in [0.15, 0.2) is 12.1 Å². The van der Waals surface area contributed by atoms with Crippen LogP contribution in [0.1, 0.15) is 30.4 Å². The molecule has 2 aliphatic rings. The fourth-order valence-electron chi connectivity index (χ4n) is 3.34. The smallest absolute Gasteiger partial charge is 0.262 e. The maximum Gasteiger partial charge on any atom is 0.262 e. The van der Waals surface area contributed by atoms with E-state index < -0.39 is 11.3 Å². The van der Waals surface area contributed by atoms with Crippen LogP contribution in [0.5, 0.6) is 5.75 Å². The predicted molar refractivity (Wildman–Crippen MR) is 92.3 cm³/mol. The molecule has 1 aromatic carbocycles. The van der Waals surface area contributed by atoms with Crippen LogP contribution in [0.2, 0.25) is 0 Å². The number of aromatic hydroxyl groups is 1. The fourth-order valence-corrected chi connectivity index (χ4v) is 3.96. The molecule has 24 heavy (non-hydrogen) atoms. The van der Waals surface area contributed by atoms with Gasteiger partial charge in [0.25, 0.3) is 11.3 Å². The number of hydrogen-bond acceptors (Lipinski definition) is 5. The van der Waals surface area contributed by atoms with Crippen molar-refractivity contribution in [3.63, 3.8) is 0 Å². The lowest BCUT2D eigenvalue weighted by molar-refractivity contribution is -0.117. The molecule has 0 radical (unpaired) electrons. The van der Waals surface area contributed by atoms with E-state index >= 15 is 0 Å². The Morgan fingerprint density at radius 2 is 2.21 bits per heavy atom. The second-order valence-corrected chi connectivity index (χ2v) is 7.26. The molecule has 3 rings (SSSR count). The third-order valence-electron chi connectivity index (χ3n) is 4.55. The Morgan fingerprint density at radius 3 is 2.92 bits per heavy atom. The van der Waals surface area contributed by atoms with Crippen LogP contribution in [0, 0.1) is 0 Å². The first-order valence-electron chi connectivity index (χ1n) is 8.23. The monoisotopic (exact) mass is 353 g/mol. The van der Waals surface area contributed by atoms with Gasteiger partial charge in [0.2, 0.25) is 0 Å². The van der Waals surface area contributed by atoms with Gasteiger partial charge in [-0.15, -0.1) is 0 Å². The normalized spacial score (nSPS) is 22.8. The number of carbonyl (C=O) groups is 1. The zero-order valence-electron chi connectivity index (χ0n) is 13.5. The molecule has 0 bridgehead atoms. The number of phenolic OH excluding ortho intramolecular Hbond substituents is 1. The average molecular weight is 353 g/mol. The molecule has 8 heteroatoms. The second kappa shape index (κ2) is 7.60. The first-order chi connectivity index (χ1) is 11.5. The molecule has 0 aromatic heterocycles. The van der Waals surface area contributed by atoms with Gasteiger partial charge in [-0.05, 0) is 43.0 Å². The van der Waals surface area contributed by atoms with Crippen molar-refractivity contribution in [3.8, 4) is 5.75 Å². The highest BCUT2D eigenvalue weighted by atomic mass is 32.2. The zero-order chi connectivity index (χ0) is 17.1. The standard InChI is InChI=1S/C16H23N3O4S/c20-14-4-3-12-6-11(8-18-13-2-1-5-17-9-13)7-15(21)16(12)19(10-14)24(22)23/h6-7,13,17-18,21H,1-5,8-10H2,(H,22,23)/t13-/m1/s1. The van der Waals surface area contributed by atoms with Gasteiger partial charge in [0.05, 0.1) is 12.2 Å². The Bertz CT molecular complexity index is 646. The molecular formula is C16H23N3O4S. The van der Waals surface area contributed by atoms with Crippen molar-refractivity contribution in [1.29, 1.82) is 0 Å². The molecule has 2 aliphatic heterocycles. The SMILES string of the molecule is O=C1CCc2cc(CN[C@@H]3CCCNC3)cc(O)c2N(S(=O)O)C1. The molecule has 0 amide bonds. The maximum atomic E-state index is 11.8. The highest BCUT2D eigenvalue weighted by molar-refractivity contribution is 7.80. The van der Waals surface area contributed by atoms with E-state index in [-0.39, 0.29) is 18.1 Å². The van der Waals surface area contributed by atoms with Crippen molar-refractivity contribution in [2.75, 3.05) is 23.9 Å². The van der Waals surface area contributed by atoms with Gasteiger partial charge < -0.3 is 15.7 Å². The van der Waals surface area contributed by atoms with Crippen molar-refractivity contribution in [3.05, 3.63) is 23.3 Å². The van der Waals surface area contributed by atoms with Crippen LogP contribution in [0.3, 0.4) is 0 Å². The lowest BCUT2D eigenvalue weighted by Gasteiger charge is -2.25. The number of nitrogens with one attached hydrogen (secondary N) is 2. The maximum absolute atomic E-state index is 11.8. The summed E-state index contributed by atoms with van der Waals surface area (Å²) in [6.07, 6.45) is 3.04. The Morgan fingerprint density at radius 1 is 1.38 bits per heavy atom. The summed E-state index contributed by atoms with van der Waals surface area (Å²) in [6, 6.07) is 3.93. The summed E-state index contributed by atoms with van der Waals surface area (Å²) in [5.41, 5.74) is 1.95. The van der Waals surface area contributed by atoms with Crippen molar-refractivity contribution in [2.24, 2.45) is 0 Å². The number of anilines is 1. The summed E-state index contributed by atoms with van der Waals surface area (Å²) >= 11 is -2.34. The van der Waals surface area contributed by atoms with Crippen LogP contribution in [-0.2, 0) is 29.0 Å². The Balaban J connectivity index is 1.80. The molecule has 2 atom stereocenters. The lowest BCUT2D eigenvalue weighted by Crippen LogP contribution is -2.42. The summed E-state index contributed by atoms with van der Waals surface area (Å²) in [5, 5.41) is 17.2. The van der Waals surface area contributed by atoms with Gasteiger partial charge in [0.15, 0.2) is 5.78 Å². The Hall–Kier alpha value is -1.48. The van der Waals surface area contributed by atoms with E-state index in [1.807, 2.05) is 6.07 Å². The third kappa shape index (κ3) is 3.94. The van der Waals surface area contributed by atoms with Gasteiger partial charge in [0.1, 0.15) is 5.75 Å². The largest absolute Gasteiger partial charge is 0.506 e. The van der Waals surface area contributed by atoms with Crippen molar-refractivity contribution in [1.82, 2.24) is 10.6 Å². The molecule has 132 valence electrons. The van der Waals surface area contributed by atoms with E-state index in [1.54, 1.807) is 6.07 Å². The number of carbonyl (C=O) groups excluding carboxylic acids is 1. The van der Waals surface area contributed by atoms with Gasteiger partial charge >= 0.3 is 0 Å². The number of aryl methyl sites for hydroxylation is 1. The number of Topliss-reactive ketones (excluding diaryl/α,β-unsaturated/α-hetero) is 1. The van der Waals surface area contributed by atoms with E-state index in [4.69, 9.17) is 0 Å². The molecule has 2 heterocycles. The molecular weight excluding hydrogens is 330 g/mol. The minimum Gasteiger partial charge on any atom is -0.506 e. The van der Waals surface area contributed by atoms with Crippen molar-refractivity contribution in [2.45, 2.75) is 38.3 Å². The average Bonchev–Trinajstić information content (AvgIpc) is 2.74. The number of ketones is 1. The van der Waals surface area contributed by atoms with E-state index in [2.05, 4.69) is 10.6 Å². The minimum atomic E-state index is -2.34. The first-order valence-corrected chi connectivity index (χ1v) is 9.30. The number of benzene rings is 1. The zero-order valence-corrected chi connectivity index (χ0v) is 14.3. The molecule has 1 fully saturated rings. The minimum absolute atomic E-state index is 0.0526. The third-order valence-corrected chi connectivity index (χ3v) is 5.24. The summed E-state index contributed by atoms with van der Waals surface area (Å²) in [7, 11) is 0. The van der Waals surface area contributed by atoms with Gasteiger partial charge in [-0.2, -0.15) is 0 Å². The Labute approximate surface area is 143 Å². The number of phenols is 1. The lowest BCUT2D eigenvalue weighted by atomic mass is 10.0. The first kappa shape index (κ1) is 17.3. The molecule has 1 saturated heterocycles. The molecule has 0 saturated carbocycles. The quantitative estimate of drug-likeness (QED) is 0.594. The molecule has 7 nitrogen and oxygen atoms in total. The van der Waals surface area contributed by atoms with E-state index in [0.717, 1.165) is 41.4 Å². The van der Waals surface area contributed by atoms with Crippen molar-refractivity contribution < 1.29 is 18.7 Å². The molecule has 0 spiro atoms. The van der Waals surface area contributed by atoms with Crippen LogP contribution >= 0.6 is 0 Å². The number of piperidine rings is 1. The summed E-state index contributed by atoms with van der Waals surface area (Å²) in [5.74, 6) is -0.163. The van der Waals surface area contributed by atoms with E-state index in [0.29, 0.717) is 31.1 Å². The van der Waals surface area contributed by atoms with Crippen LogP contribution in [0.4, 0.5) is 5.69 Å². The summed E-state index contributed by atoms with van der Waals surface area (Å²) in [4.78, 5) is 11.8. The van der Waals surface area contributed by atoms with Crippen molar-refractivity contribution >= 4 is 22.7 Å². The topological polar surface area (TPSA) is 102 Å². The highest BCUT2D eigenvalue weighted by Crippen LogP contribution is 2.36. The van der Waals surface area contributed by atoms with Gasteiger partial charge in [-0.25, -0.2) is 4.21 Å². The summed E-state index contributed by atoms with van der Waals surface area (Å²) < 4.78 is 22.0. The molecule has 1 aromatic rings. The summed E-state index contributed by atoms with van der Waals surface area (Å²) in [6.45, 7) is 2.45. The van der Waals surface area contributed by atoms with Gasteiger partial charge in [0, 0.05) is 25.6 Å².